The number of carboxylic acid groups (broad SMARTS) is 1. The Morgan fingerprint density at radius 1 is 1.50 bits per heavy atom. The van der Waals surface area contributed by atoms with E-state index in [1.165, 1.54) is 0 Å². The van der Waals surface area contributed by atoms with E-state index in [1.54, 1.807) is 6.20 Å². The number of oxazole rings is 1. The number of aryl methyl sites for hydroxylation is 2. The van der Waals surface area contributed by atoms with Crippen LogP contribution in [-0.2, 0) is 17.6 Å². The minimum absolute atomic E-state index is 0.0613. The Hall–Kier alpha value is -2.04. The van der Waals surface area contributed by atoms with Gasteiger partial charge in [0, 0.05) is 19.0 Å². The molecule has 0 fully saturated rings. The van der Waals surface area contributed by atoms with E-state index in [0.717, 1.165) is 18.5 Å². The van der Waals surface area contributed by atoms with Crippen molar-refractivity contribution in [3.8, 4) is 11.5 Å². The molecule has 5 nitrogen and oxygen atoms in total. The zero-order valence-electron chi connectivity index (χ0n) is 10.3. The molecule has 0 saturated heterocycles. The number of aromatic nitrogens is 2. The molecular weight excluding hydrogens is 232 g/mol. The van der Waals surface area contributed by atoms with E-state index in [1.807, 2.05) is 12.1 Å². The van der Waals surface area contributed by atoms with Crippen LogP contribution in [0.2, 0.25) is 0 Å². The SMILES string of the molecule is CCCc1nc(CCC(=O)O)c(-c2ccc[nH]2)o1. The summed E-state index contributed by atoms with van der Waals surface area (Å²) >= 11 is 0. The quantitative estimate of drug-likeness (QED) is 0.823. The van der Waals surface area contributed by atoms with Crippen LogP contribution in [0.1, 0.15) is 31.4 Å². The van der Waals surface area contributed by atoms with E-state index in [4.69, 9.17) is 9.52 Å². The summed E-state index contributed by atoms with van der Waals surface area (Å²) in [5.74, 6) is 0.500. The average molecular weight is 248 g/mol. The maximum Gasteiger partial charge on any atom is 0.303 e. The minimum Gasteiger partial charge on any atom is -0.481 e. The Bertz CT molecular complexity index is 514. The Labute approximate surface area is 105 Å². The third kappa shape index (κ3) is 2.80. The van der Waals surface area contributed by atoms with Crippen molar-refractivity contribution in [1.82, 2.24) is 9.97 Å². The summed E-state index contributed by atoms with van der Waals surface area (Å²) in [4.78, 5) is 18.1. The Balaban J connectivity index is 2.27. The van der Waals surface area contributed by atoms with Gasteiger partial charge in [0.1, 0.15) is 0 Å². The van der Waals surface area contributed by atoms with Crippen molar-refractivity contribution in [2.45, 2.75) is 32.6 Å². The van der Waals surface area contributed by atoms with E-state index in [0.29, 0.717) is 23.8 Å². The smallest absolute Gasteiger partial charge is 0.303 e. The number of nitrogens with one attached hydrogen (secondary N) is 1. The summed E-state index contributed by atoms with van der Waals surface area (Å²) in [5, 5.41) is 8.74. The van der Waals surface area contributed by atoms with Crippen molar-refractivity contribution in [2.75, 3.05) is 0 Å². The lowest BCUT2D eigenvalue weighted by Gasteiger charge is -1.96. The van der Waals surface area contributed by atoms with Crippen LogP contribution in [0.4, 0.5) is 0 Å². The number of nitrogens with zero attached hydrogens (tertiary/aromatic N) is 1. The molecule has 2 aromatic heterocycles. The van der Waals surface area contributed by atoms with Gasteiger partial charge in [0.05, 0.1) is 17.8 Å². The van der Waals surface area contributed by atoms with Crippen LogP contribution >= 0.6 is 0 Å². The topological polar surface area (TPSA) is 79.1 Å². The van der Waals surface area contributed by atoms with Gasteiger partial charge in [-0.05, 0) is 18.6 Å². The monoisotopic (exact) mass is 248 g/mol. The van der Waals surface area contributed by atoms with Gasteiger partial charge in [-0.3, -0.25) is 4.79 Å². The van der Waals surface area contributed by atoms with Gasteiger partial charge in [0.2, 0.25) is 0 Å². The van der Waals surface area contributed by atoms with E-state index in [-0.39, 0.29) is 6.42 Å². The number of H-pyrrole nitrogens is 1. The Morgan fingerprint density at radius 3 is 2.94 bits per heavy atom. The molecule has 0 amide bonds. The second-order valence-corrected chi connectivity index (χ2v) is 4.11. The predicted octanol–water partition coefficient (Wildman–Crippen LogP) is 2.64. The Morgan fingerprint density at radius 2 is 2.33 bits per heavy atom. The van der Waals surface area contributed by atoms with Gasteiger partial charge in [-0.25, -0.2) is 4.98 Å². The predicted molar refractivity (Wildman–Crippen MR) is 66.2 cm³/mol. The fourth-order valence-corrected chi connectivity index (χ4v) is 1.80. The van der Waals surface area contributed by atoms with Gasteiger partial charge in [-0.15, -0.1) is 0 Å². The first kappa shape index (κ1) is 12.4. The number of aliphatic carboxylic acids is 1. The number of carbonyl (C=O) groups is 1. The largest absolute Gasteiger partial charge is 0.481 e. The lowest BCUT2D eigenvalue weighted by molar-refractivity contribution is -0.136. The fourth-order valence-electron chi connectivity index (χ4n) is 1.80. The molecule has 0 aromatic carbocycles. The maximum absolute atomic E-state index is 10.6. The van der Waals surface area contributed by atoms with Crippen molar-refractivity contribution in [2.24, 2.45) is 0 Å². The van der Waals surface area contributed by atoms with Crippen molar-refractivity contribution in [1.29, 1.82) is 0 Å². The fraction of sp³-hybridized carbons (Fsp3) is 0.385. The van der Waals surface area contributed by atoms with Crippen LogP contribution in [0, 0.1) is 0 Å². The van der Waals surface area contributed by atoms with Gasteiger partial charge in [0.15, 0.2) is 11.7 Å². The molecule has 96 valence electrons. The third-order valence-corrected chi connectivity index (χ3v) is 2.62. The maximum atomic E-state index is 10.6. The molecule has 2 aromatic rings. The highest BCUT2D eigenvalue weighted by molar-refractivity contribution is 5.67. The first-order chi connectivity index (χ1) is 8.70. The summed E-state index contributed by atoms with van der Waals surface area (Å²) < 4.78 is 5.70. The summed E-state index contributed by atoms with van der Waals surface area (Å²) in [6, 6.07) is 3.76. The molecule has 0 aliphatic heterocycles. The molecule has 0 aliphatic rings. The first-order valence-electron chi connectivity index (χ1n) is 6.04. The van der Waals surface area contributed by atoms with Gasteiger partial charge in [-0.2, -0.15) is 0 Å². The Kier molecular flexibility index (Phi) is 3.82. The lowest BCUT2D eigenvalue weighted by Crippen LogP contribution is -1.99. The molecule has 0 radical (unpaired) electrons. The third-order valence-electron chi connectivity index (χ3n) is 2.62. The van der Waals surface area contributed by atoms with Gasteiger partial charge < -0.3 is 14.5 Å². The summed E-state index contributed by atoms with van der Waals surface area (Å²) in [5.41, 5.74) is 1.55. The molecule has 5 heteroatoms. The summed E-state index contributed by atoms with van der Waals surface area (Å²) in [6.07, 6.45) is 3.96. The van der Waals surface area contributed by atoms with E-state index in [2.05, 4.69) is 16.9 Å². The van der Waals surface area contributed by atoms with Gasteiger partial charge >= 0.3 is 5.97 Å². The van der Waals surface area contributed by atoms with Crippen LogP contribution in [0.15, 0.2) is 22.7 Å². The second-order valence-electron chi connectivity index (χ2n) is 4.11. The van der Waals surface area contributed by atoms with Crippen molar-refractivity contribution < 1.29 is 14.3 Å². The molecule has 2 heterocycles. The van der Waals surface area contributed by atoms with E-state index >= 15 is 0 Å². The zero-order valence-corrected chi connectivity index (χ0v) is 10.3. The van der Waals surface area contributed by atoms with Gasteiger partial charge in [0.25, 0.3) is 0 Å². The molecule has 0 atom stereocenters. The standard InChI is InChI=1S/C13H16N2O3/c1-2-4-11-15-10(6-7-12(16)17)13(18-11)9-5-3-8-14-9/h3,5,8,14H,2,4,6-7H2,1H3,(H,16,17). The molecule has 0 spiro atoms. The first-order valence-corrected chi connectivity index (χ1v) is 6.04. The molecule has 0 unspecified atom stereocenters. The summed E-state index contributed by atoms with van der Waals surface area (Å²) in [6.45, 7) is 2.05. The second kappa shape index (κ2) is 5.53. The number of carboxylic acids is 1. The van der Waals surface area contributed by atoms with Crippen LogP contribution in [0.25, 0.3) is 11.5 Å². The number of aromatic amines is 1. The molecule has 18 heavy (non-hydrogen) atoms. The van der Waals surface area contributed by atoms with Crippen molar-refractivity contribution in [3.63, 3.8) is 0 Å². The van der Waals surface area contributed by atoms with Crippen LogP contribution in [-0.4, -0.2) is 21.0 Å². The number of hydrogen-bond donors (Lipinski definition) is 2. The van der Waals surface area contributed by atoms with E-state index < -0.39 is 5.97 Å². The van der Waals surface area contributed by atoms with E-state index in [9.17, 15) is 4.79 Å². The molecule has 2 N–H and O–H groups in total. The highest BCUT2D eigenvalue weighted by atomic mass is 16.4. The highest BCUT2D eigenvalue weighted by Crippen LogP contribution is 2.25. The van der Waals surface area contributed by atoms with Crippen LogP contribution in [0.5, 0.6) is 0 Å². The molecule has 0 saturated carbocycles. The van der Waals surface area contributed by atoms with Crippen molar-refractivity contribution in [3.05, 3.63) is 29.9 Å². The number of hydrogen-bond acceptors (Lipinski definition) is 3. The zero-order chi connectivity index (χ0) is 13.0. The molecule has 2 rings (SSSR count). The van der Waals surface area contributed by atoms with Crippen molar-refractivity contribution >= 4 is 5.97 Å². The average Bonchev–Trinajstić information content (AvgIpc) is 2.94. The highest BCUT2D eigenvalue weighted by Gasteiger charge is 2.16. The lowest BCUT2D eigenvalue weighted by atomic mass is 10.2. The summed E-state index contributed by atoms with van der Waals surface area (Å²) in [7, 11) is 0. The van der Waals surface area contributed by atoms with Crippen LogP contribution in [0.3, 0.4) is 0 Å². The normalized spacial score (nSPS) is 10.7. The molecular formula is C13H16N2O3. The van der Waals surface area contributed by atoms with Crippen LogP contribution < -0.4 is 0 Å². The minimum atomic E-state index is -0.826. The molecule has 0 aliphatic carbocycles. The van der Waals surface area contributed by atoms with Gasteiger partial charge in [-0.1, -0.05) is 6.92 Å². The molecule has 0 bridgehead atoms. The number of rotatable bonds is 6.